The van der Waals surface area contributed by atoms with Gasteiger partial charge in [-0.05, 0) is 75.4 Å². The molecule has 3 atom stereocenters. The van der Waals surface area contributed by atoms with Gasteiger partial charge in [-0.3, -0.25) is 0 Å². The van der Waals surface area contributed by atoms with Crippen LogP contribution in [0.5, 0.6) is 11.5 Å². The third kappa shape index (κ3) is 3.92. The van der Waals surface area contributed by atoms with Gasteiger partial charge >= 0.3 is 0 Å². The van der Waals surface area contributed by atoms with Crippen LogP contribution < -0.4 is 14.8 Å². The van der Waals surface area contributed by atoms with Crippen molar-refractivity contribution in [2.24, 2.45) is 0 Å². The number of rotatable bonds is 7. The van der Waals surface area contributed by atoms with Gasteiger partial charge in [-0.15, -0.1) is 0 Å². The van der Waals surface area contributed by atoms with Crippen molar-refractivity contribution >= 4 is 10.9 Å². The zero-order chi connectivity index (χ0) is 23.8. The summed E-state index contributed by atoms with van der Waals surface area (Å²) in [5.41, 5.74) is 4.88. The number of hydrogen-bond donors (Lipinski definition) is 1. The van der Waals surface area contributed by atoms with Gasteiger partial charge in [0.15, 0.2) is 16.5 Å². The molecule has 2 aliphatic rings. The molecule has 2 heterocycles. The number of aryl methyl sites for hydroxylation is 1. The van der Waals surface area contributed by atoms with Crippen molar-refractivity contribution in [1.82, 2.24) is 9.99 Å². The lowest BCUT2D eigenvalue weighted by Crippen LogP contribution is -2.45. The topological polar surface area (TPSA) is 78.6 Å². The minimum atomic E-state index is -0.252. The Kier molecular flexibility index (Phi) is 6.21. The van der Waals surface area contributed by atoms with Gasteiger partial charge in [0.1, 0.15) is 11.2 Å². The summed E-state index contributed by atoms with van der Waals surface area (Å²) in [5, 5.41) is 17.0. The lowest BCUT2D eigenvalue weighted by atomic mass is 9.74. The Bertz CT molecular complexity index is 1220. The number of nitro groups is 1. The van der Waals surface area contributed by atoms with Gasteiger partial charge in [0.05, 0.1) is 19.3 Å². The molecule has 5 rings (SSSR count). The number of ether oxygens (including phenoxy) is 2. The molecule has 0 spiro atoms. The molecule has 34 heavy (non-hydrogen) atoms. The van der Waals surface area contributed by atoms with Gasteiger partial charge in [-0.25, -0.2) is 10.1 Å². The fraction of sp³-hybridized carbons (Fsp3) is 0.481. The fourth-order valence-electron chi connectivity index (χ4n) is 5.96. The maximum Gasteiger partial charge on any atom is 0.169 e. The van der Waals surface area contributed by atoms with E-state index in [1.165, 1.54) is 23.1 Å². The summed E-state index contributed by atoms with van der Waals surface area (Å²) in [5.74, 6) is 1.76. The Balaban J connectivity index is 1.63. The summed E-state index contributed by atoms with van der Waals surface area (Å²) in [6, 6.07) is 12.2. The van der Waals surface area contributed by atoms with Crippen LogP contribution in [-0.4, -0.2) is 29.0 Å². The Morgan fingerprint density at radius 3 is 2.59 bits per heavy atom. The van der Waals surface area contributed by atoms with Gasteiger partial charge in [-0.1, -0.05) is 35.2 Å². The number of benzene rings is 2. The zero-order valence-corrected chi connectivity index (χ0v) is 20.2. The molecule has 7 heteroatoms. The van der Waals surface area contributed by atoms with Crippen LogP contribution >= 0.6 is 0 Å². The van der Waals surface area contributed by atoms with Crippen molar-refractivity contribution < 1.29 is 14.5 Å². The molecule has 0 saturated heterocycles. The maximum atomic E-state index is 12.4. The highest BCUT2D eigenvalue weighted by atomic mass is 16.7. The number of fused-ring (bicyclic) bond motifs is 5. The van der Waals surface area contributed by atoms with E-state index in [1.807, 2.05) is 44.2 Å². The third-order valence-corrected chi connectivity index (χ3v) is 7.27. The number of aromatic nitrogens is 1. The van der Waals surface area contributed by atoms with Crippen molar-refractivity contribution in [2.45, 2.75) is 70.9 Å². The molecule has 1 N–H and O–H groups in total. The second-order valence-electron chi connectivity index (χ2n) is 9.44. The predicted molar refractivity (Wildman–Crippen MR) is 132 cm³/mol. The highest BCUT2D eigenvalue weighted by Gasteiger charge is 2.42. The van der Waals surface area contributed by atoms with Crippen LogP contribution in [0.15, 0.2) is 36.4 Å². The average molecular weight is 464 g/mol. The molecule has 0 bridgehead atoms. The Hall–Kier alpha value is -3.06. The molecule has 7 nitrogen and oxygen atoms in total. The van der Waals surface area contributed by atoms with Crippen molar-refractivity contribution in [3.63, 3.8) is 0 Å². The molecule has 1 aliphatic carbocycles. The number of hydrogen-bond acceptors (Lipinski definition) is 5. The molecule has 0 amide bonds. The molecule has 1 aromatic heterocycles. The standard InChI is InChI=1S/C27H33N3O4/c1-4-33-24-13-11-18(16-25(24)34-5-2)15-22-27-26(19-8-6-7-9-21(19)28-22)20-14-17(3)10-12-23(20)29(27)30(31)32/h10-14,16,19,21-22,28H,4-9,15H2,1-3H3. The van der Waals surface area contributed by atoms with E-state index >= 15 is 0 Å². The van der Waals surface area contributed by atoms with Gasteiger partial charge in [0, 0.05) is 17.3 Å². The van der Waals surface area contributed by atoms with Crippen LogP contribution in [0.1, 0.15) is 73.9 Å². The molecular formula is C27H33N3O4. The third-order valence-electron chi connectivity index (χ3n) is 7.27. The minimum absolute atomic E-state index is 0.153. The minimum Gasteiger partial charge on any atom is -0.490 e. The van der Waals surface area contributed by atoms with Crippen LogP contribution in [0.4, 0.5) is 0 Å². The van der Waals surface area contributed by atoms with E-state index in [9.17, 15) is 10.1 Å². The SMILES string of the molecule is CCOc1ccc(CC2NC3CCCCC3c3c2n([N+](=O)[O-])c2ccc(C)cc32)cc1OCC. The lowest BCUT2D eigenvalue weighted by molar-refractivity contribution is -0.539. The van der Waals surface area contributed by atoms with E-state index in [4.69, 9.17) is 9.47 Å². The van der Waals surface area contributed by atoms with E-state index < -0.39 is 0 Å². The second kappa shape index (κ2) is 9.29. The highest BCUT2D eigenvalue weighted by Crippen LogP contribution is 2.47. The van der Waals surface area contributed by atoms with Crippen LogP contribution in [0.25, 0.3) is 10.9 Å². The summed E-state index contributed by atoms with van der Waals surface area (Å²) in [7, 11) is 0. The summed E-state index contributed by atoms with van der Waals surface area (Å²) in [4.78, 5) is 12.4. The summed E-state index contributed by atoms with van der Waals surface area (Å²) in [6.07, 6.45) is 5.18. The second-order valence-corrected chi connectivity index (χ2v) is 9.44. The molecule has 3 unspecified atom stereocenters. The van der Waals surface area contributed by atoms with Crippen molar-refractivity contribution in [3.8, 4) is 11.5 Å². The first-order chi connectivity index (χ1) is 16.5. The Morgan fingerprint density at radius 2 is 1.82 bits per heavy atom. The first kappa shape index (κ1) is 22.7. The monoisotopic (exact) mass is 463 g/mol. The molecule has 3 aromatic rings. The molecule has 180 valence electrons. The van der Waals surface area contributed by atoms with Crippen LogP contribution in [0.2, 0.25) is 0 Å². The van der Waals surface area contributed by atoms with Gasteiger partial charge in [0.2, 0.25) is 0 Å². The Labute approximate surface area is 200 Å². The van der Waals surface area contributed by atoms with E-state index in [0.29, 0.717) is 37.1 Å². The van der Waals surface area contributed by atoms with E-state index in [1.54, 1.807) is 0 Å². The smallest absolute Gasteiger partial charge is 0.169 e. The van der Waals surface area contributed by atoms with Crippen molar-refractivity contribution in [2.75, 3.05) is 13.2 Å². The van der Waals surface area contributed by atoms with Crippen LogP contribution in [0, 0.1) is 17.0 Å². The highest BCUT2D eigenvalue weighted by molar-refractivity contribution is 5.87. The molecule has 0 radical (unpaired) electrons. The summed E-state index contributed by atoms with van der Waals surface area (Å²) >= 11 is 0. The van der Waals surface area contributed by atoms with Gasteiger partial charge < -0.3 is 14.8 Å². The van der Waals surface area contributed by atoms with Crippen LogP contribution in [0.3, 0.4) is 0 Å². The fourth-order valence-corrected chi connectivity index (χ4v) is 5.96. The first-order valence-electron chi connectivity index (χ1n) is 12.5. The Morgan fingerprint density at radius 1 is 1.06 bits per heavy atom. The normalized spacial score (nSPS) is 21.7. The lowest BCUT2D eigenvalue weighted by Gasteiger charge is -2.40. The largest absolute Gasteiger partial charge is 0.490 e. The van der Waals surface area contributed by atoms with E-state index in [2.05, 4.69) is 18.3 Å². The molecule has 1 saturated carbocycles. The van der Waals surface area contributed by atoms with Crippen molar-refractivity contribution in [3.05, 3.63) is 68.9 Å². The van der Waals surface area contributed by atoms with Gasteiger partial charge in [0.25, 0.3) is 0 Å². The maximum absolute atomic E-state index is 12.4. The molecular weight excluding hydrogens is 430 g/mol. The first-order valence-corrected chi connectivity index (χ1v) is 12.5. The molecule has 1 fully saturated rings. The quantitative estimate of drug-likeness (QED) is 0.359. The average Bonchev–Trinajstić information content (AvgIpc) is 3.16. The summed E-state index contributed by atoms with van der Waals surface area (Å²) < 4.78 is 12.9. The van der Waals surface area contributed by atoms with Gasteiger partial charge in [-0.2, -0.15) is 0 Å². The van der Waals surface area contributed by atoms with E-state index in [0.717, 1.165) is 46.5 Å². The van der Waals surface area contributed by atoms with Crippen LogP contribution in [-0.2, 0) is 6.42 Å². The molecule has 2 aromatic carbocycles. The van der Waals surface area contributed by atoms with Crippen molar-refractivity contribution in [1.29, 1.82) is 0 Å². The number of nitrogens with one attached hydrogen (secondary N) is 1. The predicted octanol–water partition coefficient (Wildman–Crippen LogP) is 5.70. The molecule has 1 aliphatic heterocycles. The zero-order valence-electron chi connectivity index (χ0n) is 20.2. The summed E-state index contributed by atoms with van der Waals surface area (Å²) in [6.45, 7) is 7.09. The van der Waals surface area contributed by atoms with E-state index in [-0.39, 0.29) is 11.1 Å². The number of nitrogens with zero attached hydrogens (tertiary/aromatic N) is 2.